The van der Waals surface area contributed by atoms with E-state index in [0.29, 0.717) is 0 Å². The quantitative estimate of drug-likeness (QED) is 0.799. The van der Waals surface area contributed by atoms with Crippen molar-refractivity contribution in [2.75, 3.05) is 44.8 Å². The van der Waals surface area contributed by atoms with Gasteiger partial charge in [-0.1, -0.05) is 0 Å². The second-order valence-electron chi connectivity index (χ2n) is 4.05. The van der Waals surface area contributed by atoms with E-state index in [1.54, 1.807) is 18.4 Å². The van der Waals surface area contributed by atoms with Gasteiger partial charge in [-0.25, -0.2) is 4.98 Å². The van der Waals surface area contributed by atoms with Crippen LogP contribution in [0, 0.1) is 6.92 Å². The average Bonchev–Trinajstić information content (AvgIpc) is 2.76. The van der Waals surface area contributed by atoms with Gasteiger partial charge in [0.15, 0.2) is 5.13 Å². The van der Waals surface area contributed by atoms with Crippen LogP contribution in [0.1, 0.15) is 4.88 Å². The van der Waals surface area contributed by atoms with Gasteiger partial charge in [0.25, 0.3) is 0 Å². The van der Waals surface area contributed by atoms with Gasteiger partial charge in [-0.15, -0.1) is 11.3 Å². The highest BCUT2D eigenvalue weighted by Crippen LogP contribution is 2.22. The molecule has 6 heteroatoms. The highest BCUT2D eigenvalue weighted by Gasteiger charge is 2.22. The number of methoxy groups -OCH3 is 1. The van der Waals surface area contributed by atoms with E-state index in [4.69, 9.17) is 4.74 Å². The van der Waals surface area contributed by atoms with Crippen LogP contribution in [0.2, 0.25) is 0 Å². The third-order valence-electron chi connectivity index (χ3n) is 2.78. The molecule has 0 atom stereocenters. The summed E-state index contributed by atoms with van der Waals surface area (Å²) in [4.78, 5) is 21.3. The summed E-state index contributed by atoms with van der Waals surface area (Å²) in [6.07, 6.45) is 1.89. The first-order valence-electron chi connectivity index (χ1n) is 5.65. The fourth-order valence-electron chi connectivity index (χ4n) is 1.85. The summed E-state index contributed by atoms with van der Waals surface area (Å²) < 4.78 is 4.86. The predicted octanol–water partition coefficient (Wildman–Crippen LogP) is 0.747. The summed E-state index contributed by atoms with van der Waals surface area (Å²) in [6, 6.07) is 0. The third-order valence-corrected chi connectivity index (χ3v) is 3.75. The number of ether oxygens (including phenoxy) is 1. The Labute approximate surface area is 105 Å². The zero-order valence-corrected chi connectivity index (χ0v) is 11.0. The molecule has 1 aromatic heterocycles. The minimum Gasteiger partial charge on any atom is -0.375 e. The Morgan fingerprint density at radius 1 is 1.47 bits per heavy atom. The molecule has 0 spiro atoms. The molecular formula is C11H17N3O2S. The van der Waals surface area contributed by atoms with Crippen LogP contribution in [-0.4, -0.2) is 55.7 Å². The number of hydrogen-bond donors (Lipinski definition) is 0. The number of hydrogen-bond acceptors (Lipinski definition) is 5. The molecule has 94 valence electrons. The third kappa shape index (κ3) is 2.95. The number of carbonyl (C=O) groups excluding carboxylic acids is 1. The number of piperazine rings is 1. The molecule has 1 aliphatic heterocycles. The molecule has 1 saturated heterocycles. The lowest BCUT2D eigenvalue weighted by Gasteiger charge is -2.34. The second kappa shape index (κ2) is 5.46. The van der Waals surface area contributed by atoms with Crippen LogP contribution >= 0.6 is 11.3 Å². The maximum Gasteiger partial charge on any atom is 0.248 e. The van der Waals surface area contributed by atoms with Crippen LogP contribution in [0.25, 0.3) is 0 Å². The van der Waals surface area contributed by atoms with Crippen LogP contribution in [0.5, 0.6) is 0 Å². The Hall–Kier alpha value is -1.14. The van der Waals surface area contributed by atoms with Gasteiger partial charge < -0.3 is 14.5 Å². The average molecular weight is 255 g/mol. The number of amides is 1. The van der Waals surface area contributed by atoms with E-state index in [9.17, 15) is 4.79 Å². The molecule has 0 aliphatic carbocycles. The normalized spacial score (nSPS) is 16.4. The SMILES string of the molecule is COCC(=O)N1CCN(c2ncc(C)s2)CC1. The monoisotopic (exact) mass is 255 g/mol. The molecule has 17 heavy (non-hydrogen) atoms. The van der Waals surface area contributed by atoms with Crippen molar-refractivity contribution in [1.29, 1.82) is 0 Å². The van der Waals surface area contributed by atoms with E-state index >= 15 is 0 Å². The first kappa shape index (κ1) is 12.3. The summed E-state index contributed by atoms with van der Waals surface area (Å²) in [5.41, 5.74) is 0. The Balaban J connectivity index is 1.88. The van der Waals surface area contributed by atoms with Crippen molar-refractivity contribution in [1.82, 2.24) is 9.88 Å². The Bertz CT molecular complexity index is 386. The van der Waals surface area contributed by atoms with Gasteiger partial charge in [-0.3, -0.25) is 4.79 Å². The van der Waals surface area contributed by atoms with Gasteiger partial charge in [-0.2, -0.15) is 0 Å². The number of anilines is 1. The van der Waals surface area contributed by atoms with Crippen molar-refractivity contribution in [2.24, 2.45) is 0 Å². The fourth-order valence-corrected chi connectivity index (χ4v) is 2.66. The smallest absolute Gasteiger partial charge is 0.248 e. The van der Waals surface area contributed by atoms with Gasteiger partial charge in [-0.05, 0) is 6.92 Å². The zero-order chi connectivity index (χ0) is 12.3. The Morgan fingerprint density at radius 2 is 2.18 bits per heavy atom. The molecule has 5 nitrogen and oxygen atoms in total. The summed E-state index contributed by atoms with van der Waals surface area (Å²) in [5, 5.41) is 1.06. The number of thiazole rings is 1. The Morgan fingerprint density at radius 3 is 2.71 bits per heavy atom. The lowest BCUT2D eigenvalue weighted by Crippen LogP contribution is -2.49. The van der Waals surface area contributed by atoms with E-state index in [0.717, 1.165) is 31.3 Å². The highest BCUT2D eigenvalue weighted by atomic mass is 32.1. The topological polar surface area (TPSA) is 45.7 Å². The molecule has 1 fully saturated rings. The molecule has 2 heterocycles. The van der Waals surface area contributed by atoms with Crippen LogP contribution in [-0.2, 0) is 9.53 Å². The van der Waals surface area contributed by atoms with Gasteiger partial charge in [0, 0.05) is 44.4 Å². The molecule has 2 rings (SSSR count). The summed E-state index contributed by atoms with van der Waals surface area (Å²) in [5.74, 6) is 0.0717. The molecule has 0 aromatic carbocycles. The Kier molecular flexibility index (Phi) is 3.96. The maximum absolute atomic E-state index is 11.6. The van der Waals surface area contributed by atoms with Crippen molar-refractivity contribution >= 4 is 22.4 Å². The molecule has 0 radical (unpaired) electrons. The van der Waals surface area contributed by atoms with Crippen molar-refractivity contribution in [3.63, 3.8) is 0 Å². The first-order chi connectivity index (χ1) is 8.20. The molecule has 0 unspecified atom stereocenters. The van der Waals surface area contributed by atoms with Crippen LogP contribution in [0.15, 0.2) is 6.20 Å². The van der Waals surface area contributed by atoms with E-state index in [1.165, 1.54) is 4.88 Å². The summed E-state index contributed by atoms with van der Waals surface area (Å²) >= 11 is 1.70. The molecule has 0 saturated carbocycles. The number of aryl methyl sites for hydroxylation is 1. The van der Waals surface area contributed by atoms with E-state index in [2.05, 4.69) is 16.8 Å². The number of rotatable bonds is 3. The first-order valence-corrected chi connectivity index (χ1v) is 6.46. The highest BCUT2D eigenvalue weighted by molar-refractivity contribution is 7.15. The summed E-state index contributed by atoms with van der Waals surface area (Å²) in [6.45, 7) is 5.43. The standard InChI is InChI=1S/C11H17N3O2S/c1-9-7-12-11(17-9)14-5-3-13(4-6-14)10(15)8-16-2/h7H,3-6,8H2,1-2H3. The molecule has 1 aromatic rings. The lowest BCUT2D eigenvalue weighted by atomic mass is 10.3. The second-order valence-corrected chi connectivity index (χ2v) is 5.27. The van der Waals surface area contributed by atoms with E-state index < -0.39 is 0 Å². The summed E-state index contributed by atoms with van der Waals surface area (Å²) in [7, 11) is 1.55. The minimum absolute atomic E-state index is 0.0717. The van der Waals surface area contributed by atoms with Gasteiger partial charge >= 0.3 is 0 Å². The van der Waals surface area contributed by atoms with Gasteiger partial charge in [0.05, 0.1) is 0 Å². The molecule has 1 amide bonds. The lowest BCUT2D eigenvalue weighted by molar-refractivity contribution is -0.135. The maximum atomic E-state index is 11.6. The van der Waals surface area contributed by atoms with Crippen molar-refractivity contribution in [2.45, 2.75) is 6.92 Å². The van der Waals surface area contributed by atoms with Crippen molar-refractivity contribution in [3.8, 4) is 0 Å². The number of aromatic nitrogens is 1. The predicted molar refractivity (Wildman–Crippen MR) is 67.5 cm³/mol. The van der Waals surface area contributed by atoms with Crippen LogP contribution in [0.4, 0.5) is 5.13 Å². The van der Waals surface area contributed by atoms with Crippen LogP contribution in [0.3, 0.4) is 0 Å². The molecule has 0 bridgehead atoms. The van der Waals surface area contributed by atoms with Gasteiger partial charge in [0.2, 0.25) is 5.91 Å². The van der Waals surface area contributed by atoms with Gasteiger partial charge in [0.1, 0.15) is 6.61 Å². The van der Waals surface area contributed by atoms with E-state index in [1.807, 2.05) is 11.1 Å². The number of nitrogens with zero attached hydrogens (tertiary/aromatic N) is 3. The zero-order valence-electron chi connectivity index (χ0n) is 10.2. The fraction of sp³-hybridized carbons (Fsp3) is 0.636. The minimum atomic E-state index is 0.0717. The largest absolute Gasteiger partial charge is 0.375 e. The van der Waals surface area contributed by atoms with Crippen molar-refractivity contribution < 1.29 is 9.53 Å². The number of carbonyl (C=O) groups is 1. The van der Waals surface area contributed by atoms with E-state index in [-0.39, 0.29) is 12.5 Å². The van der Waals surface area contributed by atoms with Crippen molar-refractivity contribution in [3.05, 3.63) is 11.1 Å². The molecular weight excluding hydrogens is 238 g/mol. The molecule has 0 N–H and O–H groups in total. The van der Waals surface area contributed by atoms with Crippen LogP contribution < -0.4 is 4.90 Å². The molecule has 1 aliphatic rings.